The highest BCUT2D eigenvalue weighted by molar-refractivity contribution is 7.13. The van der Waals surface area contributed by atoms with Gasteiger partial charge in [-0.2, -0.15) is 13.2 Å². The monoisotopic (exact) mass is 368 g/mol. The Morgan fingerprint density at radius 1 is 1.16 bits per heavy atom. The third-order valence-corrected chi connectivity index (χ3v) is 4.20. The Kier molecular flexibility index (Phi) is 5.34. The normalized spacial score (nSPS) is 11.6. The topological polar surface area (TPSA) is 63.0 Å². The second-order valence-electron chi connectivity index (χ2n) is 5.12. The van der Waals surface area contributed by atoms with Gasteiger partial charge in [0.15, 0.2) is 10.8 Å². The molecule has 0 radical (unpaired) electrons. The first kappa shape index (κ1) is 17.4. The lowest BCUT2D eigenvalue weighted by molar-refractivity contribution is -0.137. The van der Waals surface area contributed by atoms with E-state index in [1.807, 2.05) is 11.4 Å². The van der Waals surface area contributed by atoms with Gasteiger partial charge in [0.1, 0.15) is 5.82 Å². The Morgan fingerprint density at radius 3 is 2.80 bits per heavy atom. The molecule has 9 heteroatoms. The number of nitrogens with zero attached hydrogens (tertiary/aromatic N) is 2. The van der Waals surface area contributed by atoms with Crippen molar-refractivity contribution in [3.63, 3.8) is 0 Å². The van der Waals surface area contributed by atoms with Crippen molar-refractivity contribution in [2.45, 2.75) is 12.7 Å². The number of hydrogen-bond acceptors (Lipinski definition) is 6. The molecule has 0 amide bonds. The van der Waals surface area contributed by atoms with Gasteiger partial charge < -0.3 is 15.1 Å². The first-order valence-corrected chi connectivity index (χ1v) is 8.37. The number of alkyl halides is 3. The van der Waals surface area contributed by atoms with E-state index in [4.69, 9.17) is 4.42 Å². The fourth-order valence-electron chi connectivity index (χ4n) is 2.16. The van der Waals surface area contributed by atoms with Crippen molar-refractivity contribution in [2.24, 2.45) is 0 Å². The molecule has 3 rings (SSSR count). The van der Waals surface area contributed by atoms with Crippen molar-refractivity contribution >= 4 is 17.2 Å². The van der Waals surface area contributed by atoms with Crippen LogP contribution < -0.4 is 10.6 Å². The quantitative estimate of drug-likeness (QED) is 0.617. The predicted octanol–water partition coefficient (Wildman–Crippen LogP) is 4.02. The van der Waals surface area contributed by atoms with E-state index in [-0.39, 0.29) is 5.82 Å². The van der Waals surface area contributed by atoms with E-state index in [0.29, 0.717) is 25.4 Å². The highest BCUT2D eigenvalue weighted by Crippen LogP contribution is 2.33. The average molecular weight is 368 g/mol. The second kappa shape index (κ2) is 7.66. The van der Waals surface area contributed by atoms with Crippen LogP contribution in [0, 0.1) is 0 Å². The molecule has 0 saturated heterocycles. The van der Waals surface area contributed by atoms with Crippen LogP contribution >= 0.6 is 11.3 Å². The number of nitrogens with one attached hydrogen (secondary N) is 2. The van der Waals surface area contributed by atoms with Crippen LogP contribution in [-0.2, 0) is 12.7 Å². The smallest absolute Gasteiger partial charge is 0.419 e. The van der Waals surface area contributed by atoms with E-state index in [0.717, 1.165) is 16.8 Å². The zero-order valence-electron chi connectivity index (χ0n) is 13.0. The van der Waals surface area contributed by atoms with Gasteiger partial charge in [0, 0.05) is 31.2 Å². The van der Waals surface area contributed by atoms with E-state index in [1.54, 1.807) is 12.3 Å². The molecule has 0 atom stereocenters. The summed E-state index contributed by atoms with van der Waals surface area (Å²) in [5.74, 6) is 0.554. The average Bonchev–Trinajstić information content (AvgIpc) is 3.25. The van der Waals surface area contributed by atoms with Gasteiger partial charge in [-0.1, -0.05) is 0 Å². The van der Waals surface area contributed by atoms with Crippen LogP contribution in [-0.4, -0.2) is 23.1 Å². The third-order valence-electron chi connectivity index (χ3n) is 3.30. The number of halogens is 3. The van der Waals surface area contributed by atoms with Crippen LogP contribution in [0.4, 0.5) is 19.0 Å². The maximum Gasteiger partial charge on any atom is 0.419 e. The van der Waals surface area contributed by atoms with E-state index in [2.05, 4.69) is 20.6 Å². The largest absolute Gasteiger partial charge is 0.462 e. The SMILES string of the molecule is FC(F)(F)c1cccnc1NCCNCc1csc(-c2ccco2)n1. The van der Waals surface area contributed by atoms with Gasteiger partial charge >= 0.3 is 6.18 Å². The summed E-state index contributed by atoms with van der Waals surface area (Å²) in [6.45, 7) is 1.31. The van der Waals surface area contributed by atoms with Gasteiger partial charge in [0.05, 0.1) is 17.5 Å². The molecule has 0 saturated carbocycles. The molecule has 25 heavy (non-hydrogen) atoms. The lowest BCUT2D eigenvalue weighted by Gasteiger charge is -2.13. The Labute approximate surface area is 145 Å². The third kappa shape index (κ3) is 4.58. The number of anilines is 1. The zero-order valence-corrected chi connectivity index (χ0v) is 13.8. The summed E-state index contributed by atoms with van der Waals surface area (Å²) in [7, 11) is 0. The van der Waals surface area contributed by atoms with Crippen LogP contribution in [0.3, 0.4) is 0 Å². The molecule has 3 aromatic heterocycles. The van der Waals surface area contributed by atoms with Crippen LogP contribution in [0.2, 0.25) is 0 Å². The fraction of sp³-hybridized carbons (Fsp3) is 0.250. The molecule has 132 valence electrons. The van der Waals surface area contributed by atoms with Gasteiger partial charge in [-0.3, -0.25) is 0 Å². The fourth-order valence-corrected chi connectivity index (χ4v) is 2.95. The van der Waals surface area contributed by atoms with Gasteiger partial charge in [-0.15, -0.1) is 11.3 Å². The molecule has 0 aliphatic heterocycles. The Bertz CT molecular complexity index is 802. The Morgan fingerprint density at radius 2 is 2.04 bits per heavy atom. The maximum absolute atomic E-state index is 12.9. The molecule has 2 N–H and O–H groups in total. The highest BCUT2D eigenvalue weighted by Gasteiger charge is 2.33. The summed E-state index contributed by atoms with van der Waals surface area (Å²) < 4.78 is 43.8. The van der Waals surface area contributed by atoms with Crippen molar-refractivity contribution in [2.75, 3.05) is 18.4 Å². The molecule has 0 aliphatic rings. The second-order valence-corrected chi connectivity index (χ2v) is 5.98. The number of furan rings is 1. The van der Waals surface area contributed by atoms with Gasteiger partial charge in [0.25, 0.3) is 0 Å². The summed E-state index contributed by atoms with van der Waals surface area (Å²) in [5, 5.41) is 8.55. The van der Waals surface area contributed by atoms with Gasteiger partial charge in [0.2, 0.25) is 0 Å². The minimum absolute atomic E-state index is 0.162. The highest BCUT2D eigenvalue weighted by atomic mass is 32.1. The number of hydrogen-bond donors (Lipinski definition) is 2. The molecule has 0 unspecified atom stereocenters. The van der Waals surface area contributed by atoms with Crippen molar-refractivity contribution in [1.29, 1.82) is 0 Å². The summed E-state index contributed by atoms with van der Waals surface area (Å²) in [5.41, 5.74) is 0.0859. The molecule has 0 bridgehead atoms. The lowest BCUT2D eigenvalue weighted by Crippen LogP contribution is -2.23. The van der Waals surface area contributed by atoms with E-state index in [1.165, 1.54) is 23.6 Å². The van der Waals surface area contributed by atoms with Crippen molar-refractivity contribution in [3.05, 3.63) is 53.4 Å². The van der Waals surface area contributed by atoms with Crippen molar-refractivity contribution in [1.82, 2.24) is 15.3 Å². The molecule has 0 fully saturated rings. The van der Waals surface area contributed by atoms with Crippen molar-refractivity contribution in [3.8, 4) is 10.8 Å². The first-order chi connectivity index (χ1) is 12.0. The maximum atomic E-state index is 12.9. The summed E-state index contributed by atoms with van der Waals surface area (Å²) in [6.07, 6.45) is -1.50. The minimum atomic E-state index is -4.42. The Balaban J connectivity index is 1.46. The predicted molar refractivity (Wildman–Crippen MR) is 89.3 cm³/mol. The van der Waals surface area contributed by atoms with Gasteiger partial charge in [-0.25, -0.2) is 9.97 Å². The van der Waals surface area contributed by atoms with Crippen LogP contribution in [0.1, 0.15) is 11.3 Å². The number of thiazole rings is 1. The first-order valence-electron chi connectivity index (χ1n) is 7.49. The minimum Gasteiger partial charge on any atom is -0.462 e. The van der Waals surface area contributed by atoms with Crippen LogP contribution in [0.15, 0.2) is 46.5 Å². The molecular weight excluding hydrogens is 353 g/mol. The van der Waals surface area contributed by atoms with Crippen LogP contribution in [0.25, 0.3) is 10.8 Å². The van der Waals surface area contributed by atoms with Gasteiger partial charge in [-0.05, 0) is 24.3 Å². The Hall–Kier alpha value is -2.39. The van der Waals surface area contributed by atoms with Crippen LogP contribution in [0.5, 0.6) is 0 Å². The van der Waals surface area contributed by atoms with E-state index >= 15 is 0 Å². The van der Waals surface area contributed by atoms with E-state index in [9.17, 15) is 13.2 Å². The standard InChI is InChI=1S/C16H15F3N4OS/c17-16(18,19)12-3-1-5-21-14(12)22-7-6-20-9-11-10-25-15(23-11)13-4-2-8-24-13/h1-5,8,10,20H,6-7,9H2,(H,21,22). The number of pyridine rings is 1. The number of rotatable bonds is 7. The molecule has 5 nitrogen and oxygen atoms in total. The molecular formula is C16H15F3N4OS. The lowest BCUT2D eigenvalue weighted by atomic mass is 10.2. The molecule has 0 spiro atoms. The van der Waals surface area contributed by atoms with Crippen molar-refractivity contribution < 1.29 is 17.6 Å². The molecule has 0 aromatic carbocycles. The summed E-state index contributed by atoms with van der Waals surface area (Å²) in [4.78, 5) is 8.19. The molecule has 3 aromatic rings. The summed E-state index contributed by atoms with van der Waals surface area (Å²) >= 11 is 1.48. The molecule has 0 aliphatic carbocycles. The zero-order chi connectivity index (χ0) is 17.7. The molecule has 3 heterocycles. The summed E-state index contributed by atoms with van der Waals surface area (Å²) in [6, 6.07) is 5.91. The number of aromatic nitrogens is 2. The van der Waals surface area contributed by atoms with E-state index < -0.39 is 11.7 Å².